The van der Waals surface area contributed by atoms with Crippen LogP contribution in [0.4, 0.5) is 5.69 Å². The zero-order valence-electron chi connectivity index (χ0n) is 11.1. The largest absolute Gasteiger partial charge is 0.326 e. The van der Waals surface area contributed by atoms with Gasteiger partial charge in [-0.05, 0) is 35.7 Å². The van der Waals surface area contributed by atoms with E-state index in [9.17, 15) is 9.59 Å². The molecule has 0 saturated carbocycles. The van der Waals surface area contributed by atoms with Gasteiger partial charge < -0.3 is 5.32 Å². The summed E-state index contributed by atoms with van der Waals surface area (Å²) in [6.45, 7) is 0. The predicted molar refractivity (Wildman–Crippen MR) is 77.9 cm³/mol. The van der Waals surface area contributed by atoms with Crippen molar-refractivity contribution >= 4 is 17.4 Å². The molecule has 100 valence electrons. The molecule has 1 aliphatic heterocycles. The predicted octanol–water partition coefficient (Wildman–Crippen LogP) is 3.00. The van der Waals surface area contributed by atoms with Gasteiger partial charge in [0.25, 0.3) is 0 Å². The standard InChI is InChI=1S/C17H15NO2/c19-16(10-12-4-2-1-3-5-12)14-6-8-15-13(11-14)7-9-17(20)18-15/h1-6,8,11H,7,9-10H2,(H,18,20). The fourth-order valence-corrected chi connectivity index (χ4v) is 2.44. The van der Waals surface area contributed by atoms with Gasteiger partial charge in [0.05, 0.1) is 0 Å². The first-order chi connectivity index (χ1) is 9.72. The third kappa shape index (κ3) is 2.62. The zero-order valence-corrected chi connectivity index (χ0v) is 11.1. The normalized spacial score (nSPS) is 13.5. The van der Waals surface area contributed by atoms with Crippen molar-refractivity contribution in [2.45, 2.75) is 19.3 Å². The smallest absolute Gasteiger partial charge is 0.224 e. The van der Waals surface area contributed by atoms with Crippen molar-refractivity contribution in [3.63, 3.8) is 0 Å². The van der Waals surface area contributed by atoms with Crippen LogP contribution in [0.2, 0.25) is 0 Å². The Kier molecular flexibility index (Phi) is 3.33. The third-order valence-corrected chi connectivity index (χ3v) is 3.53. The number of ketones is 1. The van der Waals surface area contributed by atoms with Gasteiger partial charge in [-0.3, -0.25) is 9.59 Å². The number of hydrogen-bond acceptors (Lipinski definition) is 2. The average Bonchev–Trinajstić information content (AvgIpc) is 2.47. The van der Waals surface area contributed by atoms with Crippen LogP contribution < -0.4 is 5.32 Å². The Bertz CT molecular complexity index is 662. The molecule has 20 heavy (non-hydrogen) atoms. The average molecular weight is 265 g/mol. The van der Waals surface area contributed by atoms with E-state index in [-0.39, 0.29) is 11.7 Å². The summed E-state index contributed by atoms with van der Waals surface area (Å²) in [5.41, 5.74) is 3.60. The van der Waals surface area contributed by atoms with E-state index in [1.54, 1.807) is 6.07 Å². The van der Waals surface area contributed by atoms with Crippen molar-refractivity contribution < 1.29 is 9.59 Å². The molecule has 0 fully saturated rings. The van der Waals surface area contributed by atoms with Crippen LogP contribution in [0, 0.1) is 0 Å². The third-order valence-electron chi connectivity index (χ3n) is 3.53. The molecule has 0 bridgehead atoms. The number of anilines is 1. The molecular formula is C17H15NO2. The summed E-state index contributed by atoms with van der Waals surface area (Å²) in [7, 11) is 0. The van der Waals surface area contributed by atoms with Crippen molar-refractivity contribution in [2.75, 3.05) is 5.32 Å². The molecular weight excluding hydrogens is 250 g/mol. The number of amides is 1. The molecule has 1 amide bonds. The lowest BCUT2D eigenvalue weighted by molar-refractivity contribution is -0.116. The topological polar surface area (TPSA) is 46.2 Å². The molecule has 1 N–H and O–H groups in total. The first-order valence-electron chi connectivity index (χ1n) is 6.72. The van der Waals surface area contributed by atoms with Crippen LogP contribution in [-0.2, 0) is 17.6 Å². The maximum absolute atomic E-state index is 12.3. The number of fused-ring (bicyclic) bond motifs is 1. The van der Waals surface area contributed by atoms with Crippen molar-refractivity contribution in [2.24, 2.45) is 0 Å². The highest BCUT2D eigenvalue weighted by Gasteiger charge is 2.16. The molecule has 0 aromatic heterocycles. The molecule has 3 heteroatoms. The summed E-state index contributed by atoms with van der Waals surface area (Å²) < 4.78 is 0. The van der Waals surface area contributed by atoms with E-state index >= 15 is 0 Å². The summed E-state index contributed by atoms with van der Waals surface area (Å²) >= 11 is 0. The highest BCUT2D eigenvalue weighted by molar-refractivity contribution is 5.99. The molecule has 0 saturated heterocycles. The number of rotatable bonds is 3. The number of nitrogens with one attached hydrogen (secondary N) is 1. The molecule has 0 unspecified atom stereocenters. The highest BCUT2D eigenvalue weighted by Crippen LogP contribution is 2.24. The molecule has 3 nitrogen and oxygen atoms in total. The van der Waals surface area contributed by atoms with E-state index in [1.807, 2.05) is 42.5 Å². The maximum Gasteiger partial charge on any atom is 0.224 e. The van der Waals surface area contributed by atoms with Crippen LogP contribution in [0.3, 0.4) is 0 Å². The molecule has 2 aromatic rings. The number of hydrogen-bond donors (Lipinski definition) is 1. The van der Waals surface area contributed by atoms with Crippen LogP contribution in [0.15, 0.2) is 48.5 Å². The SMILES string of the molecule is O=C1CCc2cc(C(=O)Cc3ccccc3)ccc2N1. The molecule has 1 heterocycles. The molecule has 0 radical (unpaired) electrons. The fraction of sp³-hybridized carbons (Fsp3) is 0.176. The Morgan fingerprint density at radius 2 is 1.85 bits per heavy atom. The minimum Gasteiger partial charge on any atom is -0.326 e. The van der Waals surface area contributed by atoms with E-state index in [0.29, 0.717) is 24.8 Å². The minimum absolute atomic E-state index is 0.0425. The second-order valence-corrected chi connectivity index (χ2v) is 5.01. The van der Waals surface area contributed by atoms with Crippen LogP contribution in [0.1, 0.15) is 27.9 Å². The van der Waals surface area contributed by atoms with Gasteiger partial charge in [-0.15, -0.1) is 0 Å². The van der Waals surface area contributed by atoms with Crippen molar-refractivity contribution in [3.05, 3.63) is 65.2 Å². The van der Waals surface area contributed by atoms with Crippen LogP contribution in [0.5, 0.6) is 0 Å². The summed E-state index contributed by atoms with van der Waals surface area (Å²) in [5.74, 6) is 0.150. The number of benzene rings is 2. The van der Waals surface area contributed by atoms with Crippen molar-refractivity contribution in [1.29, 1.82) is 0 Å². The number of carbonyl (C=O) groups is 2. The second-order valence-electron chi connectivity index (χ2n) is 5.01. The van der Waals surface area contributed by atoms with E-state index in [4.69, 9.17) is 0 Å². The molecule has 0 spiro atoms. The zero-order chi connectivity index (χ0) is 13.9. The maximum atomic E-state index is 12.3. The van der Waals surface area contributed by atoms with E-state index in [2.05, 4.69) is 5.32 Å². The van der Waals surface area contributed by atoms with Gasteiger partial charge >= 0.3 is 0 Å². The Morgan fingerprint density at radius 1 is 1.05 bits per heavy atom. The van der Waals surface area contributed by atoms with E-state index in [0.717, 1.165) is 16.8 Å². The minimum atomic E-state index is 0.0425. The Labute approximate surface area is 117 Å². The second kappa shape index (κ2) is 5.29. The Balaban J connectivity index is 1.81. The Morgan fingerprint density at radius 3 is 2.65 bits per heavy atom. The van der Waals surface area contributed by atoms with Gasteiger partial charge in [0, 0.05) is 24.1 Å². The Hall–Kier alpha value is -2.42. The molecule has 3 rings (SSSR count). The van der Waals surface area contributed by atoms with Crippen LogP contribution in [0.25, 0.3) is 0 Å². The monoisotopic (exact) mass is 265 g/mol. The van der Waals surface area contributed by atoms with Gasteiger partial charge in [0.1, 0.15) is 0 Å². The van der Waals surface area contributed by atoms with Crippen LogP contribution in [-0.4, -0.2) is 11.7 Å². The molecule has 2 aromatic carbocycles. The van der Waals surface area contributed by atoms with Crippen molar-refractivity contribution in [1.82, 2.24) is 0 Å². The van der Waals surface area contributed by atoms with Gasteiger partial charge in [0.15, 0.2) is 5.78 Å². The number of carbonyl (C=O) groups excluding carboxylic acids is 2. The lowest BCUT2D eigenvalue weighted by atomic mass is 9.96. The highest BCUT2D eigenvalue weighted by atomic mass is 16.1. The van der Waals surface area contributed by atoms with Gasteiger partial charge in [-0.1, -0.05) is 30.3 Å². The quantitative estimate of drug-likeness (QED) is 0.867. The lowest BCUT2D eigenvalue weighted by Gasteiger charge is -2.17. The van der Waals surface area contributed by atoms with Gasteiger partial charge in [0.2, 0.25) is 5.91 Å². The summed E-state index contributed by atoms with van der Waals surface area (Å²) in [4.78, 5) is 23.6. The first-order valence-corrected chi connectivity index (χ1v) is 6.72. The number of aryl methyl sites for hydroxylation is 1. The summed E-state index contributed by atoms with van der Waals surface area (Å²) in [6.07, 6.45) is 1.60. The number of Topliss-reactive ketones (excluding diaryl/α,β-unsaturated/α-hetero) is 1. The molecule has 0 aliphatic carbocycles. The lowest BCUT2D eigenvalue weighted by Crippen LogP contribution is -2.19. The van der Waals surface area contributed by atoms with Crippen LogP contribution >= 0.6 is 0 Å². The van der Waals surface area contributed by atoms with E-state index in [1.165, 1.54) is 0 Å². The summed E-state index contributed by atoms with van der Waals surface area (Å²) in [6, 6.07) is 15.2. The fourth-order valence-electron chi connectivity index (χ4n) is 2.44. The van der Waals surface area contributed by atoms with Gasteiger partial charge in [-0.25, -0.2) is 0 Å². The van der Waals surface area contributed by atoms with Crippen molar-refractivity contribution in [3.8, 4) is 0 Å². The van der Waals surface area contributed by atoms with E-state index < -0.39 is 0 Å². The molecule has 1 aliphatic rings. The summed E-state index contributed by atoms with van der Waals surface area (Å²) in [5, 5.41) is 2.83. The first kappa shape index (κ1) is 12.6. The van der Waals surface area contributed by atoms with Gasteiger partial charge in [-0.2, -0.15) is 0 Å². The molecule has 0 atom stereocenters.